The normalized spacial score (nSPS) is 28.9. The lowest BCUT2D eigenvalue weighted by molar-refractivity contribution is -0.119. The summed E-state index contributed by atoms with van der Waals surface area (Å²) in [4.78, 5) is 27.2. The zero-order valence-corrected chi connectivity index (χ0v) is 20.5. The van der Waals surface area contributed by atoms with Crippen molar-refractivity contribution in [2.75, 3.05) is 36.4 Å². The summed E-state index contributed by atoms with van der Waals surface area (Å²) in [5.41, 5.74) is 10.1. The third-order valence-electron chi connectivity index (χ3n) is 8.37. The fraction of sp³-hybridized carbons (Fsp3) is 0.593. The molecule has 3 aliphatic heterocycles. The van der Waals surface area contributed by atoms with E-state index < -0.39 is 0 Å². The number of nitrogens with zero attached hydrogens (tertiary/aromatic N) is 4. The van der Waals surface area contributed by atoms with Crippen LogP contribution in [0.3, 0.4) is 0 Å². The average Bonchev–Trinajstić information content (AvgIpc) is 3.66. The van der Waals surface area contributed by atoms with Gasteiger partial charge in [-0.25, -0.2) is 10.4 Å². The third kappa shape index (κ3) is 5.06. The Balaban J connectivity index is 1.09. The van der Waals surface area contributed by atoms with Crippen molar-refractivity contribution < 1.29 is 4.79 Å². The lowest BCUT2D eigenvalue weighted by Gasteiger charge is -2.33. The van der Waals surface area contributed by atoms with Gasteiger partial charge in [-0.05, 0) is 87.2 Å². The van der Waals surface area contributed by atoms with Crippen LogP contribution in [0.15, 0.2) is 36.8 Å². The molecule has 8 heteroatoms. The Kier molecular flexibility index (Phi) is 6.67. The Morgan fingerprint density at radius 2 is 1.83 bits per heavy atom. The molecule has 4 atom stereocenters. The molecule has 2 aromatic heterocycles. The summed E-state index contributed by atoms with van der Waals surface area (Å²) in [5.74, 6) is 1.72. The minimum absolute atomic E-state index is 0.0160. The van der Waals surface area contributed by atoms with E-state index >= 15 is 0 Å². The molecule has 4 unspecified atom stereocenters. The fourth-order valence-electron chi connectivity index (χ4n) is 6.45. The summed E-state index contributed by atoms with van der Waals surface area (Å²) in [6.45, 7) is 5.52. The molecule has 4 fully saturated rings. The molecule has 2 aromatic rings. The number of rotatable bonds is 6. The lowest BCUT2D eigenvalue weighted by Crippen LogP contribution is -2.42. The van der Waals surface area contributed by atoms with Gasteiger partial charge in [0.2, 0.25) is 5.91 Å². The molecule has 0 aromatic carbocycles. The summed E-state index contributed by atoms with van der Waals surface area (Å²) in [6, 6.07) is 6.43. The van der Waals surface area contributed by atoms with Crippen molar-refractivity contribution in [3.8, 4) is 0 Å². The number of anilines is 2. The monoisotopic (exact) mass is 475 g/mol. The molecule has 3 N–H and O–H groups in total. The van der Waals surface area contributed by atoms with Gasteiger partial charge in [0.25, 0.3) is 0 Å². The van der Waals surface area contributed by atoms with Gasteiger partial charge in [-0.3, -0.25) is 20.1 Å². The van der Waals surface area contributed by atoms with Gasteiger partial charge in [0.05, 0.1) is 11.9 Å². The van der Waals surface area contributed by atoms with Gasteiger partial charge in [0.1, 0.15) is 11.9 Å². The van der Waals surface area contributed by atoms with Crippen molar-refractivity contribution >= 4 is 17.4 Å². The van der Waals surface area contributed by atoms with Crippen molar-refractivity contribution in [2.24, 2.45) is 5.92 Å². The Morgan fingerprint density at radius 3 is 2.63 bits per heavy atom. The molecule has 0 spiro atoms. The predicted octanol–water partition coefficient (Wildman–Crippen LogP) is 3.04. The second-order valence-corrected chi connectivity index (χ2v) is 10.7. The Labute approximate surface area is 207 Å². The molecule has 35 heavy (non-hydrogen) atoms. The van der Waals surface area contributed by atoms with Gasteiger partial charge in [-0.2, -0.15) is 0 Å². The Morgan fingerprint density at radius 1 is 1.00 bits per heavy atom. The number of nitrogens with one attached hydrogen (secondary N) is 3. The molecule has 1 saturated carbocycles. The summed E-state index contributed by atoms with van der Waals surface area (Å²) < 4.78 is 0. The fourth-order valence-corrected chi connectivity index (χ4v) is 6.45. The molecule has 1 aliphatic carbocycles. The molecule has 1 amide bonds. The van der Waals surface area contributed by atoms with Crippen molar-refractivity contribution in [3.63, 3.8) is 0 Å². The maximum Gasteiger partial charge on any atom is 0.243 e. The van der Waals surface area contributed by atoms with E-state index in [0.29, 0.717) is 12.0 Å². The zero-order valence-electron chi connectivity index (χ0n) is 20.5. The van der Waals surface area contributed by atoms with Gasteiger partial charge in [-0.1, -0.05) is 6.07 Å². The first-order valence-electron chi connectivity index (χ1n) is 13.4. The van der Waals surface area contributed by atoms with Crippen molar-refractivity contribution in [3.05, 3.63) is 47.9 Å². The quantitative estimate of drug-likeness (QED) is 0.592. The molecule has 186 valence electrons. The number of carbonyl (C=O) groups excluding carboxylic acids is 1. The van der Waals surface area contributed by atoms with Gasteiger partial charge >= 0.3 is 0 Å². The van der Waals surface area contributed by atoms with Crippen molar-refractivity contribution in [2.45, 2.75) is 69.5 Å². The van der Waals surface area contributed by atoms with Crippen LogP contribution in [0.1, 0.15) is 62.0 Å². The maximum absolute atomic E-state index is 13.2. The van der Waals surface area contributed by atoms with E-state index in [4.69, 9.17) is 0 Å². The molecule has 0 radical (unpaired) electrons. The van der Waals surface area contributed by atoms with Crippen LogP contribution >= 0.6 is 0 Å². The van der Waals surface area contributed by atoms with Crippen LogP contribution in [0.25, 0.3) is 0 Å². The first-order valence-corrected chi connectivity index (χ1v) is 13.4. The van der Waals surface area contributed by atoms with Crippen LogP contribution in [-0.4, -0.2) is 59.0 Å². The second-order valence-electron chi connectivity index (χ2n) is 10.7. The Hall–Kier alpha value is -2.55. The number of hydrogen-bond donors (Lipinski definition) is 3. The van der Waals surface area contributed by atoms with Crippen LogP contribution in [-0.2, 0) is 11.3 Å². The molecule has 3 saturated heterocycles. The highest BCUT2D eigenvalue weighted by Gasteiger charge is 2.44. The SMILES string of the molecule is O=C(Nc1ccc(N2CCCC2)nc1)C1NNC2CCC(c3cncc(CN4CCCC4)c3)CC21. The molecular formula is C27H37N7O. The van der Waals surface area contributed by atoms with Crippen LogP contribution in [0.4, 0.5) is 11.5 Å². The number of aromatic nitrogens is 2. The smallest absolute Gasteiger partial charge is 0.243 e. The zero-order chi connectivity index (χ0) is 23.6. The topological polar surface area (TPSA) is 85.4 Å². The molecule has 4 aliphatic rings. The second kappa shape index (κ2) is 10.2. The molecule has 0 bridgehead atoms. The number of fused-ring (bicyclic) bond motifs is 1. The van der Waals surface area contributed by atoms with Gasteiger partial charge < -0.3 is 10.2 Å². The van der Waals surface area contributed by atoms with Crippen LogP contribution in [0.5, 0.6) is 0 Å². The minimum atomic E-state index is -0.248. The molecular weight excluding hydrogens is 438 g/mol. The molecule has 5 heterocycles. The van der Waals surface area contributed by atoms with E-state index in [1.165, 1.54) is 49.9 Å². The Bertz CT molecular complexity index is 1020. The maximum atomic E-state index is 13.2. The third-order valence-corrected chi connectivity index (χ3v) is 8.37. The van der Waals surface area contributed by atoms with E-state index in [-0.39, 0.29) is 17.9 Å². The average molecular weight is 476 g/mol. The van der Waals surface area contributed by atoms with Crippen molar-refractivity contribution in [1.29, 1.82) is 0 Å². The van der Waals surface area contributed by atoms with Crippen LogP contribution in [0.2, 0.25) is 0 Å². The van der Waals surface area contributed by atoms with E-state index in [2.05, 4.69) is 42.0 Å². The van der Waals surface area contributed by atoms with Gasteiger partial charge in [0.15, 0.2) is 0 Å². The number of hydrazine groups is 1. The molecule has 6 rings (SSSR count). The van der Waals surface area contributed by atoms with E-state index in [1.807, 2.05) is 24.5 Å². The summed E-state index contributed by atoms with van der Waals surface area (Å²) in [6.07, 6.45) is 14.1. The number of carbonyl (C=O) groups is 1. The number of amides is 1. The van der Waals surface area contributed by atoms with E-state index in [1.54, 1.807) is 6.20 Å². The summed E-state index contributed by atoms with van der Waals surface area (Å²) in [5, 5.41) is 3.10. The highest BCUT2D eigenvalue weighted by Crippen LogP contribution is 2.40. The highest BCUT2D eigenvalue weighted by atomic mass is 16.2. The van der Waals surface area contributed by atoms with Crippen LogP contribution < -0.4 is 21.1 Å². The van der Waals surface area contributed by atoms with Gasteiger partial charge in [-0.15, -0.1) is 0 Å². The van der Waals surface area contributed by atoms with Crippen LogP contribution in [0, 0.1) is 5.92 Å². The standard InChI is InChI=1S/C27H37N7O/c35-27(30-22-6-8-25(29-17-22)34-11-3-4-12-34)26-23-14-20(5-7-24(23)31-32-26)21-13-19(15-28-16-21)18-33-9-1-2-10-33/h6,8,13,15-17,20,23-24,26,31-32H,1-5,7,9-12,14,18H2,(H,30,35). The largest absolute Gasteiger partial charge is 0.357 e. The van der Waals surface area contributed by atoms with E-state index in [0.717, 1.165) is 50.4 Å². The van der Waals surface area contributed by atoms with E-state index in [9.17, 15) is 4.79 Å². The first-order chi connectivity index (χ1) is 17.2. The molecule has 8 nitrogen and oxygen atoms in total. The summed E-state index contributed by atoms with van der Waals surface area (Å²) in [7, 11) is 0. The highest BCUT2D eigenvalue weighted by molar-refractivity contribution is 5.95. The summed E-state index contributed by atoms with van der Waals surface area (Å²) >= 11 is 0. The van der Waals surface area contributed by atoms with Gasteiger partial charge in [0, 0.05) is 44.0 Å². The predicted molar refractivity (Wildman–Crippen MR) is 137 cm³/mol. The van der Waals surface area contributed by atoms with Crippen molar-refractivity contribution in [1.82, 2.24) is 25.7 Å². The first kappa shape index (κ1) is 22.9. The number of likely N-dealkylation sites (tertiary alicyclic amines) is 1. The lowest BCUT2D eigenvalue weighted by atomic mass is 9.73. The number of pyridine rings is 2. The minimum Gasteiger partial charge on any atom is -0.357 e. The number of hydrogen-bond acceptors (Lipinski definition) is 7.